The molecule has 4 rings (SSSR count). The Morgan fingerprint density at radius 2 is 2.20 bits per heavy atom. The van der Waals surface area contributed by atoms with Gasteiger partial charge in [0.15, 0.2) is 0 Å². The molecule has 5 heteroatoms. The molecule has 3 aromatic rings. The number of imidazole rings is 1. The van der Waals surface area contributed by atoms with Gasteiger partial charge in [0, 0.05) is 37.3 Å². The van der Waals surface area contributed by atoms with Crippen LogP contribution in [0.15, 0.2) is 41.3 Å². The largest absolute Gasteiger partial charge is 0.463 e. The third-order valence-electron chi connectivity index (χ3n) is 5.22. The van der Waals surface area contributed by atoms with Crippen molar-refractivity contribution in [3.8, 4) is 0 Å². The number of carbonyl (C=O) groups excluding carboxylic acids is 1. The van der Waals surface area contributed by atoms with Crippen molar-refractivity contribution in [1.82, 2.24) is 14.9 Å². The number of nitrogens with zero attached hydrogens (tertiary/aromatic N) is 2. The Hall–Kier alpha value is -2.56. The number of H-pyrrole nitrogens is 1. The van der Waals surface area contributed by atoms with Gasteiger partial charge in [-0.2, -0.15) is 0 Å². The standard InChI is InChI=1S/C20H23N3O2/c1-2-14-3-4-18-16(11-14)17(13-25-18)20(24)23-9-5-15(6-10-23)12-19-21-7-8-22-19/h3-4,7-8,11,13,15H,2,5-6,9-10,12H2,1H3,(H,21,22). The van der Waals surface area contributed by atoms with Gasteiger partial charge in [-0.3, -0.25) is 4.79 Å². The molecule has 1 aromatic carbocycles. The maximum absolute atomic E-state index is 12.9. The molecular weight excluding hydrogens is 314 g/mol. The molecule has 0 radical (unpaired) electrons. The fraction of sp³-hybridized carbons (Fsp3) is 0.400. The average molecular weight is 337 g/mol. The molecular formula is C20H23N3O2. The first-order chi connectivity index (χ1) is 12.2. The van der Waals surface area contributed by atoms with E-state index in [4.69, 9.17) is 4.42 Å². The predicted octanol–water partition coefficient (Wildman–Crippen LogP) is 3.81. The number of carbonyl (C=O) groups is 1. The minimum absolute atomic E-state index is 0.0865. The normalized spacial score (nSPS) is 15.8. The summed E-state index contributed by atoms with van der Waals surface area (Å²) < 4.78 is 5.59. The van der Waals surface area contributed by atoms with Crippen LogP contribution in [0.5, 0.6) is 0 Å². The fourth-order valence-corrected chi connectivity index (χ4v) is 3.66. The van der Waals surface area contributed by atoms with Crippen LogP contribution in [-0.4, -0.2) is 33.9 Å². The van der Waals surface area contributed by atoms with E-state index in [0.717, 1.165) is 55.6 Å². The number of aromatic nitrogens is 2. The van der Waals surface area contributed by atoms with E-state index in [-0.39, 0.29) is 5.91 Å². The van der Waals surface area contributed by atoms with E-state index < -0.39 is 0 Å². The Morgan fingerprint density at radius 1 is 1.36 bits per heavy atom. The van der Waals surface area contributed by atoms with Crippen LogP contribution in [0.25, 0.3) is 11.0 Å². The van der Waals surface area contributed by atoms with Gasteiger partial charge in [-0.15, -0.1) is 0 Å². The zero-order valence-corrected chi connectivity index (χ0v) is 14.5. The number of benzene rings is 1. The number of furan rings is 1. The summed E-state index contributed by atoms with van der Waals surface area (Å²) in [5.41, 5.74) is 2.70. The summed E-state index contributed by atoms with van der Waals surface area (Å²) in [4.78, 5) is 22.4. The molecule has 5 nitrogen and oxygen atoms in total. The SMILES string of the molecule is CCc1ccc2occ(C(=O)N3CCC(Cc4ncc[nH]4)CC3)c2c1. The van der Waals surface area contributed by atoms with E-state index in [9.17, 15) is 4.79 Å². The number of hydrogen-bond acceptors (Lipinski definition) is 3. The number of aryl methyl sites for hydroxylation is 1. The zero-order valence-electron chi connectivity index (χ0n) is 14.5. The molecule has 0 unspecified atom stereocenters. The summed E-state index contributed by atoms with van der Waals surface area (Å²) in [6.07, 6.45) is 9.22. The number of nitrogens with one attached hydrogen (secondary N) is 1. The van der Waals surface area contributed by atoms with Gasteiger partial charge in [0.1, 0.15) is 17.7 Å². The highest BCUT2D eigenvalue weighted by molar-refractivity contribution is 6.06. The summed E-state index contributed by atoms with van der Waals surface area (Å²) in [6.45, 7) is 3.71. The molecule has 3 heterocycles. The summed E-state index contributed by atoms with van der Waals surface area (Å²) in [5.74, 6) is 1.71. The van der Waals surface area contributed by atoms with Gasteiger partial charge in [0.05, 0.1) is 5.56 Å². The van der Waals surface area contributed by atoms with Crippen LogP contribution in [0.2, 0.25) is 0 Å². The minimum atomic E-state index is 0.0865. The van der Waals surface area contributed by atoms with Crippen LogP contribution in [0.1, 0.15) is 41.5 Å². The molecule has 1 aliphatic rings. The van der Waals surface area contributed by atoms with Crippen molar-refractivity contribution < 1.29 is 9.21 Å². The lowest BCUT2D eigenvalue weighted by molar-refractivity contribution is 0.0691. The van der Waals surface area contributed by atoms with Gasteiger partial charge >= 0.3 is 0 Å². The molecule has 0 saturated carbocycles. The van der Waals surface area contributed by atoms with E-state index in [2.05, 4.69) is 29.0 Å². The Morgan fingerprint density at radius 3 is 2.92 bits per heavy atom. The van der Waals surface area contributed by atoms with Crippen molar-refractivity contribution in [3.05, 3.63) is 53.8 Å². The van der Waals surface area contributed by atoms with E-state index in [1.54, 1.807) is 12.5 Å². The van der Waals surface area contributed by atoms with E-state index in [1.807, 2.05) is 17.2 Å². The molecule has 1 fully saturated rings. The van der Waals surface area contributed by atoms with Crippen LogP contribution in [0.4, 0.5) is 0 Å². The van der Waals surface area contributed by atoms with E-state index >= 15 is 0 Å². The topological polar surface area (TPSA) is 62.1 Å². The highest BCUT2D eigenvalue weighted by Crippen LogP contribution is 2.27. The Balaban J connectivity index is 1.45. The molecule has 1 aliphatic heterocycles. The second-order valence-corrected chi connectivity index (χ2v) is 6.81. The molecule has 0 aliphatic carbocycles. The Kier molecular flexibility index (Phi) is 4.30. The van der Waals surface area contributed by atoms with Crippen molar-refractivity contribution >= 4 is 16.9 Å². The fourth-order valence-electron chi connectivity index (χ4n) is 3.66. The number of fused-ring (bicyclic) bond motifs is 1. The molecule has 130 valence electrons. The van der Waals surface area contributed by atoms with Gasteiger partial charge in [-0.05, 0) is 42.9 Å². The smallest absolute Gasteiger partial charge is 0.257 e. The lowest BCUT2D eigenvalue weighted by Crippen LogP contribution is -2.38. The molecule has 1 saturated heterocycles. The highest BCUT2D eigenvalue weighted by atomic mass is 16.3. The molecule has 1 N–H and O–H groups in total. The summed E-state index contributed by atoms with van der Waals surface area (Å²) >= 11 is 0. The molecule has 2 aromatic heterocycles. The number of rotatable bonds is 4. The number of piperidine rings is 1. The van der Waals surface area contributed by atoms with Crippen molar-refractivity contribution in [1.29, 1.82) is 0 Å². The van der Waals surface area contributed by atoms with E-state index in [1.165, 1.54) is 5.56 Å². The van der Waals surface area contributed by atoms with Crippen molar-refractivity contribution in [3.63, 3.8) is 0 Å². The third-order valence-corrected chi connectivity index (χ3v) is 5.22. The highest BCUT2D eigenvalue weighted by Gasteiger charge is 2.26. The summed E-state index contributed by atoms with van der Waals surface area (Å²) in [7, 11) is 0. The van der Waals surface area contributed by atoms with Gasteiger partial charge in [0.2, 0.25) is 0 Å². The molecule has 0 atom stereocenters. The molecule has 25 heavy (non-hydrogen) atoms. The predicted molar refractivity (Wildman–Crippen MR) is 96.5 cm³/mol. The maximum Gasteiger partial charge on any atom is 0.257 e. The number of aromatic amines is 1. The van der Waals surface area contributed by atoms with Crippen LogP contribution in [-0.2, 0) is 12.8 Å². The lowest BCUT2D eigenvalue weighted by Gasteiger charge is -2.31. The Bertz CT molecular complexity index is 858. The molecule has 0 spiro atoms. The van der Waals surface area contributed by atoms with Crippen molar-refractivity contribution in [2.24, 2.45) is 5.92 Å². The summed E-state index contributed by atoms with van der Waals surface area (Å²) in [5, 5.41) is 0.932. The van der Waals surface area contributed by atoms with Crippen LogP contribution < -0.4 is 0 Å². The zero-order chi connectivity index (χ0) is 17.2. The second kappa shape index (κ2) is 6.75. The van der Waals surface area contributed by atoms with Gasteiger partial charge in [-0.25, -0.2) is 4.98 Å². The van der Waals surface area contributed by atoms with Crippen LogP contribution in [0, 0.1) is 5.92 Å². The van der Waals surface area contributed by atoms with Gasteiger partial charge in [0.25, 0.3) is 5.91 Å². The first-order valence-corrected chi connectivity index (χ1v) is 9.02. The third kappa shape index (κ3) is 3.18. The number of likely N-dealkylation sites (tertiary alicyclic amines) is 1. The molecule has 1 amide bonds. The van der Waals surface area contributed by atoms with E-state index in [0.29, 0.717) is 11.5 Å². The monoisotopic (exact) mass is 337 g/mol. The van der Waals surface area contributed by atoms with Crippen LogP contribution in [0.3, 0.4) is 0 Å². The van der Waals surface area contributed by atoms with Gasteiger partial charge < -0.3 is 14.3 Å². The van der Waals surface area contributed by atoms with Crippen molar-refractivity contribution in [2.45, 2.75) is 32.6 Å². The summed E-state index contributed by atoms with van der Waals surface area (Å²) in [6, 6.07) is 6.09. The Labute approximate surface area is 147 Å². The van der Waals surface area contributed by atoms with Crippen molar-refractivity contribution in [2.75, 3.05) is 13.1 Å². The maximum atomic E-state index is 12.9. The van der Waals surface area contributed by atoms with Crippen LogP contribution >= 0.6 is 0 Å². The first kappa shape index (κ1) is 15.9. The lowest BCUT2D eigenvalue weighted by atomic mass is 9.93. The first-order valence-electron chi connectivity index (χ1n) is 9.02. The quantitative estimate of drug-likeness (QED) is 0.787. The molecule has 0 bridgehead atoms. The number of hydrogen-bond donors (Lipinski definition) is 1. The minimum Gasteiger partial charge on any atom is -0.463 e. The van der Waals surface area contributed by atoms with Gasteiger partial charge in [-0.1, -0.05) is 13.0 Å². The average Bonchev–Trinajstić information content (AvgIpc) is 3.30. The number of amides is 1. The second-order valence-electron chi connectivity index (χ2n) is 6.81.